The molecule has 0 amide bonds. The average Bonchev–Trinajstić information content (AvgIpc) is 2.78. The average molecular weight is 277 g/mol. The maximum absolute atomic E-state index is 10.8. The number of nitro groups is 1. The Kier molecular flexibility index (Phi) is 4.04. The van der Waals surface area contributed by atoms with Gasteiger partial charge in [-0.15, -0.1) is 5.10 Å². The quantitative estimate of drug-likeness (QED) is 0.357. The van der Waals surface area contributed by atoms with E-state index in [0.29, 0.717) is 24.6 Å². The van der Waals surface area contributed by atoms with Crippen LogP contribution in [0.5, 0.6) is 5.75 Å². The van der Waals surface area contributed by atoms with E-state index in [1.165, 1.54) is 10.9 Å². The van der Waals surface area contributed by atoms with Gasteiger partial charge in [-0.2, -0.15) is 0 Å². The lowest BCUT2D eigenvalue weighted by atomic mass is 10.3. The van der Waals surface area contributed by atoms with Crippen LogP contribution in [-0.2, 0) is 7.05 Å². The summed E-state index contributed by atoms with van der Waals surface area (Å²) in [7, 11) is 1.63. The number of nitrogen functional groups attached to an aromatic ring is 1. The number of anilines is 2. The number of nitrogens with zero attached hydrogens (tertiary/aromatic N) is 3. The lowest BCUT2D eigenvalue weighted by Gasteiger charge is -2.06. The smallest absolute Gasteiger partial charge is 0.330 e. The van der Waals surface area contributed by atoms with Crippen molar-refractivity contribution in [1.29, 1.82) is 0 Å². The highest BCUT2D eigenvalue weighted by Gasteiger charge is 2.17. The van der Waals surface area contributed by atoms with E-state index in [1.54, 1.807) is 31.3 Å². The van der Waals surface area contributed by atoms with Crippen LogP contribution in [0.15, 0.2) is 30.5 Å². The summed E-state index contributed by atoms with van der Waals surface area (Å²) in [5.74, 6) is 0.926. The maximum Gasteiger partial charge on any atom is 0.330 e. The lowest BCUT2D eigenvalue weighted by Crippen LogP contribution is -2.12. The minimum absolute atomic E-state index is 0.0556. The molecule has 106 valence electrons. The monoisotopic (exact) mass is 277 g/mol. The Balaban J connectivity index is 1.84. The zero-order chi connectivity index (χ0) is 14.5. The molecule has 20 heavy (non-hydrogen) atoms. The number of aromatic nitrogens is 2. The Bertz CT molecular complexity index is 594. The van der Waals surface area contributed by atoms with Crippen LogP contribution in [0.4, 0.5) is 17.2 Å². The first kappa shape index (κ1) is 13.7. The normalized spacial score (nSPS) is 10.2. The van der Waals surface area contributed by atoms with Crippen molar-refractivity contribution in [2.24, 2.45) is 7.05 Å². The van der Waals surface area contributed by atoms with E-state index in [9.17, 15) is 10.1 Å². The number of nitrogens with one attached hydrogen (secondary N) is 1. The predicted molar refractivity (Wildman–Crippen MR) is 74.7 cm³/mol. The fourth-order valence-electron chi connectivity index (χ4n) is 1.64. The first-order valence-corrected chi connectivity index (χ1v) is 5.96. The maximum atomic E-state index is 10.8. The highest BCUT2D eigenvalue weighted by atomic mass is 16.6. The van der Waals surface area contributed by atoms with Crippen molar-refractivity contribution in [3.8, 4) is 5.75 Å². The topological polar surface area (TPSA) is 108 Å². The largest absolute Gasteiger partial charge is 0.492 e. The van der Waals surface area contributed by atoms with Crippen LogP contribution in [0.3, 0.4) is 0 Å². The zero-order valence-electron chi connectivity index (χ0n) is 10.9. The number of aryl methyl sites for hydroxylation is 1. The minimum Gasteiger partial charge on any atom is -0.492 e. The summed E-state index contributed by atoms with van der Waals surface area (Å²) in [5, 5.41) is 17.6. The fraction of sp³-hybridized carbons (Fsp3) is 0.250. The van der Waals surface area contributed by atoms with E-state index in [4.69, 9.17) is 10.5 Å². The first-order chi connectivity index (χ1) is 9.56. The van der Waals surface area contributed by atoms with Crippen molar-refractivity contribution in [3.63, 3.8) is 0 Å². The minimum atomic E-state index is -0.476. The van der Waals surface area contributed by atoms with Crippen molar-refractivity contribution in [3.05, 3.63) is 40.6 Å². The second kappa shape index (κ2) is 5.91. The molecule has 0 aliphatic heterocycles. The summed E-state index contributed by atoms with van der Waals surface area (Å²) >= 11 is 0. The molecule has 0 fully saturated rings. The molecule has 0 unspecified atom stereocenters. The molecular weight excluding hydrogens is 262 g/mol. The summed E-state index contributed by atoms with van der Waals surface area (Å²) in [5.41, 5.74) is 6.17. The molecular formula is C12H15N5O3. The van der Waals surface area contributed by atoms with Gasteiger partial charge in [-0.1, -0.05) is 0 Å². The number of ether oxygens (including phenoxy) is 1. The molecule has 0 bridgehead atoms. The van der Waals surface area contributed by atoms with E-state index in [2.05, 4.69) is 10.4 Å². The molecule has 3 N–H and O–H groups in total. The van der Waals surface area contributed by atoms with Crippen LogP contribution in [0.2, 0.25) is 0 Å². The van der Waals surface area contributed by atoms with Gasteiger partial charge in [-0.05, 0) is 24.3 Å². The van der Waals surface area contributed by atoms with E-state index < -0.39 is 4.92 Å². The second-order valence-electron chi connectivity index (χ2n) is 4.14. The Labute approximate surface area is 115 Å². The summed E-state index contributed by atoms with van der Waals surface area (Å²) < 4.78 is 6.86. The molecule has 0 radical (unpaired) electrons. The third-order valence-electron chi connectivity index (χ3n) is 2.55. The molecule has 8 nitrogen and oxygen atoms in total. The van der Waals surface area contributed by atoms with E-state index in [-0.39, 0.29) is 11.5 Å². The van der Waals surface area contributed by atoms with E-state index in [1.807, 2.05) is 0 Å². The van der Waals surface area contributed by atoms with E-state index in [0.717, 1.165) is 0 Å². The van der Waals surface area contributed by atoms with Gasteiger partial charge in [0.25, 0.3) is 0 Å². The van der Waals surface area contributed by atoms with E-state index >= 15 is 0 Å². The molecule has 1 aromatic carbocycles. The number of benzene rings is 1. The molecule has 1 aromatic heterocycles. The van der Waals surface area contributed by atoms with Gasteiger partial charge in [-0.3, -0.25) is 14.8 Å². The number of rotatable bonds is 6. The Morgan fingerprint density at radius 1 is 1.45 bits per heavy atom. The summed E-state index contributed by atoms with van der Waals surface area (Å²) in [6.07, 6.45) is 1.35. The van der Waals surface area contributed by atoms with Crippen molar-refractivity contribution < 1.29 is 9.66 Å². The Hall–Kier alpha value is -2.77. The van der Waals surface area contributed by atoms with Crippen LogP contribution in [0.1, 0.15) is 0 Å². The predicted octanol–water partition coefficient (Wildman–Crippen LogP) is 1.40. The molecule has 0 spiro atoms. The fourth-order valence-corrected chi connectivity index (χ4v) is 1.64. The Morgan fingerprint density at radius 2 is 2.15 bits per heavy atom. The van der Waals surface area contributed by atoms with Crippen LogP contribution >= 0.6 is 0 Å². The zero-order valence-corrected chi connectivity index (χ0v) is 10.9. The molecule has 8 heteroatoms. The van der Waals surface area contributed by atoms with Crippen LogP contribution < -0.4 is 15.8 Å². The standard InChI is InChI=1S/C12H15N5O3/c1-16-8-11(17(18)19)12(15-16)14-6-7-20-10-4-2-9(13)3-5-10/h2-5,8H,6-7,13H2,1H3,(H,14,15). The number of hydrogen-bond acceptors (Lipinski definition) is 6. The first-order valence-electron chi connectivity index (χ1n) is 5.96. The third-order valence-corrected chi connectivity index (χ3v) is 2.55. The molecule has 0 saturated heterocycles. The molecule has 2 rings (SSSR count). The van der Waals surface area contributed by atoms with Gasteiger partial charge >= 0.3 is 5.69 Å². The van der Waals surface area contributed by atoms with Crippen LogP contribution in [0, 0.1) is 10.1 Å². The number of hydrogen-bond donors (Lipinski definition) is 2. The van der Waals surface area contributed by atoms with Crippen molar-refractivity contribution in [1.82, 2.24) is 9.78 Å². The molecule has 2 aromatic rings. The van der Waals surface area contributed by atoms with Gasteiger partial charge in [0.2, 0.25) is 5.82 Å². The number of nitrogens with two attached hydrogens (primary N) is 1. The molecule has 0 aliphatic carbocycles. The van der Waals surface area contributed by atoms with Gasteiger partial charge in [0.15, 0.2) is 0 Å². The van der Waals surface area contributed by atoms with Gasteiger partial charge in [0.1, 0.15) is 18.6 Å². The van der Waals surface area contributed by atoms with Gasteiger partial charge in [-0.25, -0.2) is 0 Å². The highest BCUT2D eigenvalue weighted by molar-refractivity contribution is 5.54. The molecule has 0 aliphatic rings. The highest BCUT2D eigenvalue weighted by Crippen LogP contribution is 2.21. The van der Waals surface area contributed by atoms with Crippen molar-refractivity contribution >= 4 is 17.2 Å². The molecule has 0 saturated carbocycles. The SMILES string of the molecule is Cn1cc([N+](=O)[O-])c(NCCOc2ccc(N)cc2)n1. The van der Waals surface area contributed by atoms with Crippen LogP contribution in [0.25, 0.3) is 0 Å². The second-order valence-corrected chi connectivity index (χ2v) is 4.14. The lowest BCUT2D eigenvalue weighted by molar-refractivity contribution is -0.384. The molecule has 1 heterocycles. The third kappa shape index (κ3) is 3.37. The van der Waals surface area contributed by atoms with Crippen molar-refractivity contribution in [2.75, 3.05) is 24.2 Å². The van der Waals surface area contributed by atoms with Gasteiger partial charge in [0.05, 0.1) is 11.5 Å². The van der Waals surface area contributed by atoms with Crippen LogP contribution in [-0.4, -0.2) is 27.9 Å². The Morgan fingerprint density at radius 3 is 2.80 bits per heavy atom. The van der Waals surface area contributed by atoms with Gasteiger partial charge < -0.3 is 15.8 Å². The summed E-state index contributed by atoms with van der Waals surface area (Å²) in [6, 6.07) is 7.01. The summed E-state index contributed by atoms with van der Waals surface area (Å²) in [6.45, 7) is 0.764. The van der Waals surface area contributed by atoms with Gasteiger partial charge in [0, 0.05) is 12.7 Å². The van der Waals surface area contributed by atoms with Crippen molar-refractivity contribution in [2.45, 2.75) is 0 Å². The summed E-state index contributed by atoms with van der Waals surface area (Å²) in [4.78, 5) is 10.3. The molecule has 0 atom stereocenters.